The minimum absolute atomic E-state index is 0.0923. The minimum Gasteiger partial charge on any atom is -0.506 e. The highest BCUT2D eigenvalue weighted by atomic mass is 32.2. The molecule has 1 aliphatic rings. The van der Waals surface area contributed by atoms with Crippen molar-refractivity contribution in [2.75, 3.05) is 6.54 Å². The molecule has 0 atom stereocenters. The van der Waals surface area contributed by atoms with Crippen molar-refractivity contribution in [3.05, 3.63) is 95.1 Å². The Hall–Kier alpha value is -3.16. The van der Waals surface area contributed by atoms with Crippen LogP contribution < -0.4 is 0 Å². The predicted molar refractivity (Wildman–Crippen MR) is 127 cm³/mol. The molecule has 1 heterocycles. The lowest BCUT2D eigenvalue weighted by atomic mass is 10.0. The highest BCUT2D eigenvalue weighted by Crippen LogP contribution is 2.35. The lowest BCUT2D eigenvalue weighted by Gasteiger charge is -2.25. The summed E-state index contributed by atoms with van der Waals surface area (Å²) in [5.41, 5.74) is 3.11. The van der Waals surface area contributed by atoms with Crippen molar-refractivity contribution in [1.29, 1.82) is 0 Å². The molecule has 0 aromatic heterocycles. The molecule has 0 radical (unpaired) electrons. The Kier molecular flexibility index (Phi) is 6.81. The quantitative estimate of drug-likeness (QED) is 0.596. The number of carbonyl (C=O) groups excluding carboxylic acids is 1. The van der Waals surface area contributed by atoms with E-state index in [4.69, 9.17) is 0 Å². The zero-order valence-electron chi connectivity index (χ0n) is 18.6. The molecule has 1 N–H and O–H groups in total. The summed E-state index contributed by atoms with van der Waals surface area (Å²) < 4.78 is 29.1. The van der Waals surface area contributed by atoms with Crippen molar-refractivity contribution in [3.63, 3.8) is 0 Å². The second kappa shape index (κ2) is 9.77. The van der Waals surface area contributed by atoms with Gasteiger partial charge in [-0.1, -0.05) is 66.7 Å². The summed E-state index contributed by atoms with van der Waals surface area (Å²) in [6, 6.07) is 22.1. The summed E-state index contributed by atoms with van der Waals surface area (Å²) in [5, 5.41) is 11.1. The van der Waals surface area contributed by atoms with E-state index in [1.165, 1.54) is 17.3 Å². The van der Waals surface area contributed by atoms with Crippen LogP contribution in [0.4, 0.5) is 0 Å². The van der Waals surface area contributed by atoms with Crippen LogP contribution >= 0.6 is 0 Å². The fraction of sp³-hybridized carbons (Fsp3) is 0.269. The van der Waals surface area contributed by atoms with Gasteiger partial charge in [-0.25, -0.2) is 8.42 Å². The lowest BCUT2D eigenvalue weighted by Crippen LogP contribution is -2.31. The first-order chi connectivity index (χ1) is 15.9. The van der Waals surface area contributed by atoms with Crippen LogP contribution in [0.25, 0.3) is 0 Å². The number of fused-ring (bicyclic) bond motifs is 1. The summed E-state index contributed by atoms with van der Waals surface area (Å²) in [5.74, 6) is -0.350. The molecule has 172 valence electrons. The molecule has 1 amide bonds. The molecule has 0 aliphatic carbocycles. The highest BCUT2D eigenvalue weighted by molar-refractivity contribution is 7.89. The summed E-state index contributed by atoms with van der Waals surface area (Å²) in [4.78, 5) is 13.5. The number of rotatable bonds is 6. The van der Waals surface area contributed by atoms with Gasteiger partial charge in [-0.05, 0) is 35.6 Å². The Morgan fingerprint density at radius 3 is 2.06 bits per heavy atom. The standard InChI is InChI=1S/C26H28N2O4S/c1-20(29)27-16-8-13-23-14-15-25(26(30)24(23)19-27)33(31,32)28(17-21-9-4-2-5-10-21)18-22-11-6-3-7-12-22/h2-7,9-12,14-15,30H,8,13,16-19H2,1H3. The molecule has 1 aliphatic heterocycles. The van der Waals surface area contributed by atoms with E-state index in [2.05, 4.69) is 0 Å². The van der Waals surface area contributed by atoms with Gasteiger partial charge in [0.15, 0.2) is 0 Å². The molecular weight excluding hydrogens is 436 g/mol. The van der Waals surface area contributed by atoms with Crippen LogP contribution in [0.3, 0.4) is 0 Å². The SMILES string of the molecule is CC(=O)N1CCCc2ccc(S(=O)(=O)N(Cc3ccccc3)Cc3ccccc3)c(O)c2C1. The molecule has 0 bridgehead atoms. The van der Waals surface area contributed by atoms with Crippen molar-refractivity contribution in [2.24, 2.45) is 0 Å². The molecule has 0 unspecified atom stereocenters. The van der Waals surface area contributed by atoms with Crippen molar-refractivity contribution in [2.45, 2.75) is 44.3 Å². The van der Waals surface area contributed by atoms with E-state index in [0.717, 1.165) is 23.1 Å². The van der Waals surface area contributed by atoms with E-state index < -0.39 is 10.0 Å². The average molecular weight is 465 g/mol. The Morgan fingerprint density at radius 2 is 1.52 bits per heavy atom. The maximum Gasteiger partial charge on any atom is 0.247 e. The van der Waals surface area contributed by atoms with Gasteiger partial charge in [-0.3, -0.25) is 4.79 Å². The number of sulfonamides is 1. The van der Waals surface area contributed by atoms with E-state index in [1.807, 2.05) is 60.7 Å². The topological polar surface area (TPSA) is 77.9 Å². The highest BCUT2D eigenvalue weighted by Gasteiger charge is 2.31. The van der Waals surface area contributed by atoms with Crippen LogP contribution in [0, 0.1) is 0 Å². The van der Waals surface area contributed by atoms with Gasteiger partial charge < -0.3 is 10.0 Å². The second-order valence-electron chi connectivity index (χ2n) is 8.34. The van der Waals surface area contributed by atoms with Crippen LogP contribution in [0.15, 0.2) is 77.7 Å². The molecule has 6 nitrogen and oxygen atoms in total. The van der Waals surface area contributed by atoms with Crippen LogP contribution in [0.1, 0.15) is 35.6 Å². The maximum absolute atomic E-state index is 13.8. The van der Waals surface area contributed by atoms with Gasteiger partial charge in [-0.2, -0.15) is 4.31 Å². The fourth-order valence-electron chi connectivity index (χ4n) is 4.21. The number of aromatic hydroxyl groups is 1. The molecule has 0 fully saturated rings. The van der Waals surface area contributed by atoms with Crippen molar-refractivity contribution >= 4 is 15.9 Å². The van der Waals surface area contributed by atoms with Gasteiger partial charge in [0.05, 0.1) is 0 Å². The maximum atomic E-state index is 13.8. The lowest BCUT2D eigenvalue weighted by molar-refractivity contribution is -0.129. The van der Waals surface area contributed by atoms with E-state index in [0.29, 0.717) is 18.5 Å². The Morgan fingerprint density at radius 1 is 0.939 bits per heavy atom. The summed E-state index contributed by atoms with van der Waals surface area (Å²) >= 11 is 0. The van der Waals surface area contributed by atoms with Crippen LogP contribution in [0.2, 0.25) is 0 Å². The number of phenolic OH excluding ortho intramolecular Hbond substituents is 1. The van der Waals surface area contributed by atoms with Crippen LogP contribution in [-0.2, 0) is 40.9 Å². The molecule has 33 heavy (non-hydrogen) atoms. The molecule has 7 heteroatoms. The second-order valence-corrected chi connectivity index (χ2v) is 10.2. The fourth-order valence-corrected chi connectivity index (χ4v) is 5.74. The van der Waals surface area contributed by atoms with Crippen molar-refractivity contribution < 1.29 is 18.3 Å². The van der Waals surface area contributed by atoms with Gasteiger partial charge >= 0.3 is 0 Å². The number of aryl methyl sites for hydroxylation is 1. The molecule has 3 aromatic rings. The molecule has 0 saturated heterocycles. The van der Waals surface area contributed by atoms with Crippen LogP contribution in [-0.4, -0.2) is 35.2 Å². The normalized spacial score (nSPS) is 14.1. The summed E-state index contributed by atoms with van der Waals surface area (Å²) in [6.45, 7) is 2.63. The predicted octanol–water partition coefficient (Wildman–Crippen LogP) is 4.08. The van der Waals surface area contributed by atoms with Crippen molar-refractivity contribution in [3.8, 4) is 5.75 Å². The first-order valence-corrected chi connectivity index (χ1v) is 12.5. The van der Waals surface area contributed by atoms with E-state index in [-0.39, 0.29) is 36.2 Å². The van der Waals surface area contributed by atoms with E-state index in [1.54, 1.807) is 11.0 Å². The number of hydrogen-bond donors (Lipinski definition) is 1. The zero-order chi connectivity index (χ0) is 23.4. The van der Waals surface area contributed by atoms with Gasteiger partial charge in [0.1, 0.15) is 10.6 Å². The minimum atomic E-state index is -4.03. The smallest absolute Gasteiger partial charge is 0.247 e. The largest absolute Gasteiger partial charge is 0.506 e. The molecule has 4 rings (SSSR count). The Bertz CT molecular complexity index is 1190. The molecule has 3 aromatic carbocycles. The average Bonchev–Trinajstić information content (AvgIpc) is 3.04. The van der Waals surface area contributed by atoms with Crippen molar-refractivity contribution in [1.82, 2.24) is 9.21 Å². The number of benzene rings is 3. The Balaban J connectivity index is 1.75. The van der Waals surface area contributed by atoms with Crippen LogP contribution in [0.5, 0.6) is 5.75 Å². The van der Waals surface area contributed by atoms with E-state index >= 15 is 0 Å². The molecule has 0 saturated carbocycles. The summed E-state index contributed by atoms with van der Waals surface area (Å²) in [7, 11) is -4.03. The molecular formula is C26H28N2O4S. The third-order valence-electron chi connectivity index (χ3n) is 6.03. The summed E-state index contributed by atoms with van der Waals surface area (Å²) in [6.07, 6.45) is 1.46. The zero-order valence-corrected chi connectivity index (χ0v) is 19.5. The third-order valence-corrected chi connectivity index (χ3v) is 7.86. The number of phenols is 1. The number of carbonyl (C=O) groups is 1. The first kappa shape index (κ1) is 23.0. The third kappa shape index (κ3) is 5.10. The molecule has 0 spiro atoms. The monoisotopic (exact) mass is 464 g/mol. The van der Waals surface area contributed by atoms with Gasteiger partial charge in [-0.15, -0.1) is 0 Å². The van der Waals surface area contributed by atoms with Gasteiger partial charge in [0.25, 0.3) is 0 Å². The first-order valence-electron chi connectivity index (χ1n) is 11.0. The van der Waals surface area contributed by atoms with E-state index in [9.17, 15) is 18.3 Å². The van der Waals surface area contributed by atoms with Gasteiger partial charge in [0, 0.05) is 38.7 Å². The number of nitrogens with zero attached hydrogens (tertiary/aromatic N) is 2. The number of amides is 1. The Labute approximate surface area is 195 Å². The van der Waals surface area contributed by atoms with Gasteiger partial charge in [0.2, 0.25) is 15.9 Å². The number of hydrogen-bond acceptors (Lipinski definition) is 4.